The number of nitrogens with one attached hydrogen (secondary N) is 1. The summed E-state index contributed by atoms with van der Waals surface area (Å²) in [7, 11) is 0. The second-order valence-electron chi connectivity index (χ2n) is 3.63. The third kappa shape index (κ3) is 3.27. The van der Waals surface area contributed by atoms with Crippen LogP contribution in [0.4, 0.5) is 0 Å². The van der Waals surface area contributed by atoms with Crippen LogP contribution >= 0.6 is 11.6 Å². The molecule has 1 amide bonds. The zero-order valence-corrected chi connectivity index (χ0v) is 10.6. The average Bonchev–Trinajstić information content (AvgIpc) is 2.45. The number of carbonyl (C=O) groups excluding carboxylic acids is 1. The van der Waals surface area contributed by atoms with Gasteiger partial charge < -0.3 is 5.32 Å². The molecule has 0 atom stereocenters. The summed E-state index contributed by atoms with van der Waals surface area (Å²) in [6, 6.07) is 10.4. The van der Waals surface area contributed by atoms with E-state index in [0.29, 0.717) is 11.3 Å². The molecular formula is C13H9ClN4O. The lowest BCUT2D eigenvalue weighted by atomic mass is 10.1. The van der Waals surface area contributed by atoms with Crippen molar-refractivity contribution < 1.29 is 4.79 Å². The van der Waals surface area contributed by atoms with E-state index < -0.39 is 0 Å². The normalized spacial score (nSPS) is 9.68. The number of carbonyl (C=O) groups is 1. The van der Waals surface area contributed by atoms with Crippen LogP contribution in [0.1, 0.15) is 10.4 Å². The van der Waals surface area contributed by atoms with E-state index >= 15 is 0 Å². The van der Waals surface area contributed by atoms with Crippen LogP contribution in [0.15, 0.2) is 36.5 Å². The maximum atomic E-state index is 11.6. The maximum absolute atomic E-state index is 11.6. The molecule has 0 saturated carbocycles. The lowest BCUT2D eigenvalue weighted by Gasteiger charge is -2.03. The Morgan fingerprint density at radius 1 is 1.32 bits per heavy atom. The van der Waals surface area contributed by atoms with Crippen LogP contribution in [-0.2, 0) is 0 Å². The van der Waals surface area contributed by atoms with Crippen LogP contribution in [0, 0.1) is 11.3 Å². The zero-order valence-electron chi connectivity index (χ0n) is 9.80. The summed E-state index contributed by atoms with van der Waals surface area (Å²) in [5, 5.41) is 11.0. The van der Waals surface area contributed by atoms with Crippen LogP contribution in [0.3, 0.4) is 0 Å². The SMILES string of the molecule is N#CCNC(=O)c1ccc(-c2ccnc(Cl)n2)cc1. The molecule has 0 unspecified atom stereocenters. The molecule has 19 heavy (non-hydrogen) atoms. The highest BCUT2D eigenvalue weighted by Crippen LogP contribution is 2.18. The van der Waals surface area contributed by atoms with Gasteiger partial charge in [0.15, 0.2) is 0 Å². The molecule has 94 valence electrons. The Hall–Kier alpha value is -2.45. The smallest absolute Gasteiger partial charge is 0.252 e. The number of nitriles is 1. The number of nitrogens with zero attached hydrogens (tertiary/aromatic N) is 3. The van der Waals surface area contributed by atoms with Crippen molar-refractivity contribution in [1.29, 1.82) is 5.26 Å². The number of amides is 1. The summed E-state index contributed by atoms with van der Waals surface area (Å²) in [5.41, 5.74) is 2.00. The van der Waals surface area contributed by atoms with E-state index in [-0.39, 0.29) is 17.7 Å². The fraction of sp³-hybridized carbons (Fsp3) is 0.0769. The summed E-state index contributed by atoms with van der Waals surface area (Å²) < 4.78 is 0. The fourth-order valence-electron chi connectivity index (χ4n) is 1.51. The molecule has 0 saturated heterocycles. The van der Waals surface area contributed by atoms with Crippen LogP contribution in [-0.4, -0.2) is 22.4 Å². The van der Waals surface area contributed by atoms with E-state index in [1.807, 2.05) is 6.07 Å². The minimum absolute atomic E-state index is 0.0118. The molecule has 2 rings (SSSR count). The molecule has 0 radical (unpaired) electrons. The Labute approximate surface area is 114 Å². The van der Waals surface area contributed by atoms with Crippen LogP contribution in [0.5, 0.6) is 0 Å². The van der Waals surface area contributed by atoms with E-state index in [1.54, 1.807) is 36.5 Å². The predicted molar refractivity (Wildman–Crippen MR) is 70.4 cm³/mol. The maximum Gasteiger partial charge on any atom is 0.252 e. The zero-order chi connectivity index (χ0) is 13.7. The van der Waals surface area contributed by atoms with Crippen molar-refractivity contribution in [1.82, 2.24) is 15.3 Å². The Bertz CT molecular complexity index is 634. The van der Waals surface area contributed by atoms with E-state index in [4.69, 9.17) is 16.9 Å². The van der Waals surface area contributed by atoms with E-state index in [9.17, 15) is 4.79 Å². The van der Waals surface area contributed by atoms with Gasteiger partial charge in [-0.2, -0.15) is 5.26 Å². The predicted octanol–water partition coefficient (Wildman–Crippen LogP) is 2.05. The van der Waals surface area contributed by atoms with Gasteiger partial charge in [0, 0.05) is 17.3 Å². The highest BCUT2D eigenvalue weighted by atomic mass is 35.5. The van der Waals surface area contributed by atoms with Crippen molar-refractivity contribution in [2.24, 2.45) is 0 Å². The van der Waals surface area contributed by atoms with Crippen molar-refractivity contribution in [2.45, 2.75) is 0 Å². The van der Waals surface area contributed by atoms with Crippen molar-refractivity contribution in [3.8, 4) is 17.3 Å². The Kier molecular flexibility index (Phi) is 4.06. The second kappa shape index (κ2) is 5.94. The first-order chi connectivity index (χ1) is 9.20. The molecule has 0 bridgehead atoms. The van der Waals surface area contributed by atoms with Gasteiger partial charge in [0.2, 0.25) is 5.28 Å². The quantitative estimate of drug-likeness (QED) is 0.685. The molecule has 0 aliphatic carbocycles. The third-order valence-electron chi connectivity index (χ3n) is 2.40. The van der Waals surface area contributed by atoms with E-state index in [1.165, 1.54) is 0 Å². The third-order valence-corrected chi connectivity index (χ3v) is 2.58. The highest BCUT2D eigenvalue weighted by molar-refractivity contribution is 6.28. The first-order valence-corrected chi connectivity index (χ1v) is 5.82. The fourth-order valence-corrected chi connectivity index (χ4v) is 1.66. The minimum Gasteiger partial charge on any atom is -0.339 e. The van der Waals surface area contributed by atoms with Gasteiger partial charge in [0.1, 0.15) is 6.54 Å². The van der Waals surface area contributed by atoms with Crippen molar-refractivity contribution in [2.75, 3.05) is 6.54 Å². The number of hydrogen-bond donors (Lipinski definition) is 1. The van der Waals surface area contributed by atoms with Crippen LogP contribution in [0.25, 0.3) is 11.3 Å². The van der Waals surface area contributed by atoms with Gasteiger partial charge >= 0.3 is 0 Å². The van der Waals surface area contributed by atoms with Gasteiger partial charge in [0.25, 0.3) is 5.91 Å². The molecular weight excluding hydrogens is 264 g/mol. The number of rotatable bonds is 3. The number of hydrogen-bond acceptors (Lipinski definition) is 4. The first-order valence-electron chi connectivity index (χ1n) is 5.45. The van der Waals surface area contributed by atoms with Crippen LogP contribution in [0.2, 0.25) is 5.28 Å². The second-order valence-corrected chi connectivity index (χ2v) is 3.97. The summed E-state index contributed by atoms with van der Waals surface area (Å²) in [6.45, 7) is -0.0118. The number of benzene rings is 1. The monoisotopic (exact) mass is 272 g/mol. The minimum atomic E-state index is -0.284. The molecule has 0 aliphatic heterocycles. The molecule has 1 aromatic carbocycles. The number of halogens is 1. The average molecular weight is 273 g/mol. The molecule has 0 spiro atoms. The standard InChI is InChI=1S/C13H9ClN4O/c14-13-17-7-5-11(18-13)9-1-3-10(4-2-9)12(19)16-8-6-15/h1-5,7H,8H2,(H,16,19). The summed E-state index contributed by atoms with van der Waals surface area (Å²) in [6.07, 6.45) is 1.57. The lowest BCUT2D eigenvalue weighted by Crippen LogP contribution is -2.23. The topological polar surface area (TPSA) is 78.7 Å². The van der Waals surface area contributed by atoms with Crippen LogP contribution < -0.4 is 5.32 Å². The molecule has 1 aromatic heterocycles. The van der Waals surface area contributed by atoms with Gasteiger partial charge in [-0.05, 0) is 29.8 Å². The molecule has 6 heteroatoms. The Morgan fingerprint density at radius 2 is 2.05 bits per heavy atom. The summed E-state index contributed by atoms with van der Waals surface area (Å²) in [5.74, 6) is -0.284. The summed E-state index contributed by atoms with van der Waals surface area (Å²) >= 11 is 5.72. The van der Waals surface area contributed by atoms with Gasteiger partial charge in [0.05, 0.1) is 11.8 Å². The van der Waals surface area contributed by atoms with Gasteiger partial charge in [-0.1, -0.05) is 12.1 Å². The first kappa shape index (κ1) is 13.0. The lowest BCUT2D eigenvalue weighted by molar-refractivity contribution is 0.0958. The van der Waals surface area contributed by atoms with E-state index in [2.05, 4.69) is 15.3 Å². The molecule has 1 heterocycles. The van der Waals surface area contributed by atoms with Gasteiger partial charge in [-0.3, -0.25) is 4.79 Å². The summed E-state index contributed by atoms with van der Waals surface area (Å²) in [4.78, 5) is 19.5. The van der Waals surface area contributed by atoms with E-state index in [0.717, 1.165) is 5.56 Å². The van der Waals surface area contributed by atoms with Gasteiger partial charge in [-0.25, -0.2) is 9.97 Å². The van der Waals surface area contributed by atoms with Crippen molar-refractivity contribution in [3.05, 3.63) is 47.4 Å². The highest BCUT2D eigenvalue weighted by Gasteiger charge is 2.06. The molecule has 5 nitrogen and oxygen atoms in total. The Balaban J connectivity index is 2.19. The van der Waals surface area contributed by atoms with Crippen molar-refractivity contribution in [3.63, 3.8) is 0 Å². The Morgan fingerprint density at radius 3 is 2.68 bits per heavy atom. The molecule has 0 aliphatic rings. The van der Waals surface area contributed by atoms with Gasteiger partial charge in [-0.15, -0.1) is 0 Å². The molecule has 2 aromatic rings. The van der Waals surface area contributed by atoms with Crippen molar-refractivity contribution >= 4 is 17.5 Å². The largest absolute Gasteiger partial charge is 0.339 e. The molecule has 0 fully saturated rings. The number of aromatic nitrogens is 2. The molecule has 1 N–H and O–H groups in total.